The molecular weight excluding hydrogens is 232 g/mol. The maximum Gasteiger partial charge on any atom is 0.313 e. The molecule has 0 saturated carbocycles. The van der Waals surface area contributed by atoms with Crippen LogP contribution in [0.3, 0.4) is 0 Å². The van der Waals surface area contributed by atoms with Crippen molar-refractivity contribution in [1.29, 1.82) is 10.5 Å². The third-order valence-electron chi connectivity index (χ3n) is 2.17. The Morgan fingerprint density at radius 2 is 2.00 bits per heavy atom. The molecule has 90 valence electrons. The Morgan fingerprint density at radius 3 is 2.61 bits per heavy atom. The van der Waals surface area contributed by atoms with Gasteiger partial charge in [0, 0.05) is 0 Å². The maximum absolute atomic E-state index is 11.5. The molecule has 0 aromatic heterocycles. The Morgan fingerprint density at radius 1 is 1.28 bits per heavy atom. The predicted molar refractivity (Wildman–Crippen MR) is 63.1 cm³/mol. The van der Waals surface area contributed by atoms with Crippen LogP contribution in [-0.4, -0.2) is 18.4 Å². The number of carbonyl (C=O) groups is 2. The largest absolute Gasteiger partial charge is 0.335 e. The van der Waals surface area contributed by atoms with E-state index in [-0.39, 0.29) is 12.2 Å². The second-order valence-electron chi connectivity index (χ2n) is 3.40. The fourth-order valence-corrected chi connectivity index (χ4v) is 1.30. The smallest absolute Gasteiger partial charge is 0.313 e. The van der Waals surface area contributed by atoms with Crippen molar-refractivity contribution < 1.29 is 9.59 Å². The van der Waals surface area contributed by atoms with Crippen LogP contribution < -0.4 is 10.6 Å². The zero-order valence-electron chi connectivity index (χ0n) is 9.65. The second kappa shape index (κ2) is 6.02. The molecular formula is C12H10N4O2. The predicted octanol–water partition coefficient (Wildman–Crippen LogP) is 0.445. The van der Waals surface area contributed by atoms with Crippen molar-refractivity contribution in [1.82, 2.24) is 5.32 Å². The molecule has 0 aliphatic heterocycles. The summed E-state index contributed by atoms with van der Waals surface area (Å²) in [5.74, 6) is -1.82. The molecule has 1 aromatic carbocycles. The fourth-order valence-electron chi connectivity index (χ4n) is 1.30. The van der Waals surface area contributed by atoms with Gasteiger partial charge in [-0.3, -0.25) is 9.59 Å². The standard InChI is InChI=1S/C12H10N4O2/c1-8-3-2-4-10(9(8)7-14)16-12(18)11(17)15-6-5-13/h2-4H,6H2,1H3,(H,15,17)(H,16,18). The maximum atomic E-state index is 11.5. The first-order valence-electron chi connectivity index (χ1n) is 5.06. The van der Waals surface area contributed by atoms with Gasteiger partial charge in [0.25, 0.3) is 0 Å². The lowest BCUT2D eigenvalue weighted by molar-refractivity contribution is -0.136. The summed E-state index contributed by atoms with van der Waals surface area (Å²) in [6.07, 6.45) is 0. The van der Waals surface area contributed by atoms with Crippen molar-refractivity contribution in [2.24, 2.45) is 0 Å². The van der Waals surface area contributed by atoms with Crippen molar-refractivity contribution in [3.63, 3.8) is 0 Å². The Balaban J connectivity index is 2.84. The molecule has 0 bridgehead atoms. The van der Waals surface area contributed by atoms with Crippen LogP contribution in [0, 0.1) is 29.6 Å². The minimum atomic E-state index is -0.915. The van der Waals surface area contributed by atoms with Crippen LogP contribution in [0.1, 0.15) is 11.1 Å². The Hall–Kier alpha value is -2.86. The zero-order chi connectivity index (χ0) is 13.5. The van der Waals surface area contributed by atoms with Gasteiger partial charge < -0.3 is 10.6 Å². The minimum Gasteiger partial charge on any atom is -0.335 e. The number of nitriles is 2. The molecule has 18 heavy (non-hydrogen) atoms. The highest BCUT2D eigenvalue weighted by molar-refractivity contribution is 6.39. The molecule has 0 unspecified atom stereocenters. The number of carbonyl (C=O) groups excluding carboxylic acids is 2. The molecule has 2 amide bonds. The van der Waals surface area contributed by atoms with E-state index in [9.17, 15) is 9.59 Å². The quantitative estimate of drug-likeness (QED) is 0.579. The molecule has 0 heterocycles. The van der Waals surface area contributed by atoms with E-state index in [1.54, 1.807) is 25.1 Å². The van der Waals surface area contributed by atoms with E-state index in [1.807, 2.05) is 6.07 Å². The Kier molecular flexibility index (Phi) is 4.42. The van der Waals surface area contributed by atoms with Crippen molar-refractivity contribution in [2.75, 3.05) is 11.9 Å². The minimum absolute atomic E-state index is 0.245. The average molecular weight is 242 g/mol. The molecule has 6 heteroatoms. The number of nitrogens with zero attached hydrogens (tertiary/aromatic N) is 2. The molecule has 0 aliphatic carbocycles. The van der Waals surface area contributed by atoms with Crippen LogP contribution in [0.15, 0.2) is 18.2 Å². The Bertz CT molecular complexity index is 566. The zero-order valence-corrected chi connectivity index (χ0v) is 9.65. The molecule has 1 rings (SSSR count). The summed E-state index contributed by atoms with van der Waals surface area (Å²) in [7, 11) is 0. The summed E-state index contributed by atoms with van der Waals surface area (Å²) in [4.78, 5) is 22.7. The van der Waals surface area contributed by atoms with Gasteiger partial charge in [-0.2, -0.15) is 10.5 Å². The van der Waals surface area contributed by atoms with Gasteiger partial charge in [0.15, 0.2) is 0 Å². The first kappa shape index (κ1) is 13.2. The number of hydrogen-bond acceptors (Lipinski definition) is 4. The van der Waals surface area contributed by atoms with Crippen LogP contribution in [0.25, 0.3) is 0 Å². The number of anilines is 1. The summed E-state index contributed by atoms with van der Waals surface area (Å²) in [5, 5.41) is 21.7. The summed E-state index contributed by atoms with van der Waals surface area (Å²) in [6.45, 7) is 1.48. The first-order chi connectivity index (χ1) is 8.60. The molecule has 0 aliphatic rings. The van der Waals surface area contributed by atoms with Gasteiger partial charge in [0.1, 0.15) is 12.6 Å². The normalized spacial score (nSPS) is 8.83. The van der Waals surface area contributed by atoms with Gasteiger partial charge >= 0.3 is 11.8 Å². The summed E-state index contributed by atoms with van der Waals surface area (Å²) < 4.78 is 0. The van der Waals surface area contributed by atoms with Gasteiger partial charge in [0.2, 0.25) is 0 Å². The number of benzene rings is 1. The van der Waals surface area contributed by atoms with E-state index in [4.69, 9.17) is 10.5 Å². The summed E-state index contributed by atoms with van der Waals surface area (Å²) in [5.41, 5.74) is 1.28. The highest BCUT2D eigenvalue weighted by Crippen LogP contribution is 2.17. The van der Waals surface area contributed by atoms with Crippen molar-refractivity contribution >= 4 is 17.5 Å². The third-order valence-corrected chi connectivity index (χ3v) is 2.17. The van der Waals surface area contributed by atoms with Crippen LogP contribution in [0.5, 0.6) is 0 Å². The van der Waals surface area contributed by atoms with E-state index >= 15 is 0 Å². The van der Waals surface area contributed by atoms with E-state index in [0.29, 0.717) is 11.1 Å². The molecule has 0 fully saturated rings. The van der Waals surface area contributed by atoms with Crippen molar-refractivity contribution in [3.8, 4) is 12.1 Å². The first-order valence-corrected chi connectivity index (χ1v) is 5.06. The lowest BCUT2D eigenvalue weighted by Gasteiger charge is -2.07. The monoisotopic (exact) mass is 242 g/mol. The lowest BCUT2D eigenvalue weighted by atomic mass is 10.1. The molecule has 6 nitrogen and oxygen atoms in total. The van der Waals surface area contributed by atoms with Crippen molar-refractivity contribution in [2.45, 2.75) is 6.92 Å². The van der Waals surface area contributed by atoms with Crippen LogP contribution in [-0.2, 0) is 9.59 Å². The van der Waals surface area contributed by atoms with Gasteiger partial charge in [-0.25, -0.2) is 0 Å². The number of amides is 2. The van der Waals surface area contributed by atoms with Crippen LogP contribution in [0.2, 0.25) is 0 Å². The van der Waals surface area contributed by atoms with Crippen LogP contribution in [0.4, 0.5) is 5.69 Å². The molecule has 1 aromatic rings. The van der Waals surface area contributed by atoms with Gasteiger partial charge in [-0.15, -0.1) is 0 Å². The van der Waals surface area contributed by atoms with Gasteiger partial charge in [0.05, 0.1) is 17.3 Å². The van der Waals surface area contributed by atoms with E-state index in [1.165, 1.54) is 6.07 Å². The van der Waals surface area contributed by atoms with Crippen molar-refractivity contribution in [3.05, 3.63) is 29.3 Å². The highest BCUT2D eigenvalue weighted by atomic mass is 16.2. The fraction of sp³-hybridized carbons (Fsp3) is 0.167. The molecule has 0 atom stereocenters. The SMILES string of the molecule is Cc1cccc(NC(=O)C(=O)NCC#N)c1C#N. The van der Waals surface area contributed by atoms with E-state index in [2.05, 4.69) is 10.6 Å². The number of rotatable bonds is 2. The molecule has 0 saturated heterocycles. The summed E-state index contributed by atoms with van der Waals surface area (Å²) >= 11 is 0. The van der Waals surface area contributed by atoms with Gasteiger partial charge in [-0.1, -0.05) is 12.1 Å². The van der Waals surface area contributed by atoms with Gasteiger partial charge in [-0.05, 0) is 18.6 Å². The topological polar surface area (TPSA) is 106 Å². The highest BCUT2D eigenvalue weighted by Gasteiger charge is 2.15. The van der Waals surface area contributed by atoms with E-state index in [0.717, 1.165) is 0 Å². The summed E-state index contributed by atoms with van der Waals surface area (Å²) in [6, 6.07) is 8.56. The molecule has 0 radical (unpaired) electrons. The lowest BCUT2D eigenvalue weighted by Crippen LogP contribution is -2.35. The van der Waals surface area contributed by atoms with Crippen LogP contribution >= 0.6 is 0 Å². The third kappa shape index (κ3) is 3.06. The average Bonchev–Trinajstić information content (AvgIpc) is 2.36. The number of nitrogens with one attached hydrogen (secondary N) is 2. The number of hydrogen-bond donors (Lipinski definition) is 2. The molecule has 0 spiro atoms. The molecule has 2 N–H and O–H groups in total. The number of aryl methyl sites for hydroxylation is 1. The van der Waals surface area contributed by atoms with E-state index < -0.39 is 11.8 Å². The Labute approximate surface area is 104 Å². The second-order valence-corrected chi connectivity index (χ2v) is 3.40.